The maximum Gasteiger partial charge on any atom is 0.230 e. The summed E-state index contributed by atoms with van der Waals surface area (Å²) in [6, 6.07) is 5.81. The van der Waals surface area contributed by atoms with E-state index in [0.717, 1.165) is 5.56 Å². The Hall–Kier alpha value is -1.49. The Bertz CT molecular complexity index is 437. The van der Waals surface area contributed by atoms with E-state index in [-0.39, 0.29) is 23.7 Å². The third-order valence-electron chi connectivity index (χ3n) is 2.02. The van der Waals surface area contributed by atoms with Crippen molar-refractivity contribution in [3.8, 4) is 0 Å². The molecule has 3 nitrogen and oxygen atoms in total. The van der Waals surface area contributed by atoms with Gasteiger partial charge in [0.25, 0.3) is 0 Å². The van der Waals surface area contributed by atoms with Crippen LogP contribution in [0, 0.1) is 5.82 Å². The summed E-state index contributed by atoms with van der Waals surface area (Å²) in [5.74, 6) is -0.535. The number of nitrogens with one attached hydrogen (secondary N) is 2. The summed E-state index contributed by atoms with van der Waals surface area (Å²) >= 11 is 5.01. The van der Waals surface area contributed by atoms with Crippen molar-refractivity contribution in [2.75, 3.05) is 0 Å². The Morgan fingerprint density at radius 1 is 1.28 bits per heavy atom. The van der Waals surface area contributed by atoms with E-state index in [2.05, 4.69) is 10.6 Å². The Labute approximate surface area is 112 Å². The Morgan fingerprint density at radius 3 is 2.33 bits per heavy atom. The zero-order chi connectivity index (χ0) is 13.8. The second kappa shape index (κ2) is 5.91. The lowest BCUT2D eigenvalue weighted by Crippen LogP contribution is -2.48. The van der Waals surface area contributed by atoms with Crippen LogP contribution in [0.3, 0.4) is 0 Å². The molecule has 0 aliphatic heterocycles. The van der Waals surface area contributed by atoms with Crippen molar-refractivity contribution < 1.29 is 9.18 Å². The van der Waals surface area contributed by atoms with Crippen LogP contribution in [-0.2, 0) is 11.2 Å². The molecule has 98 valence electrons. The van der Waals surface area contributed by atoms with Gasteiger partial charge in [-0.05, 0) is 50.7 Å². The van der Waals surface area contributed by atoms with Gasteiger partial charge in [-0.1, -0.05) is 12.1 Å². The number of benzene rings is 1. The molecule has 0 fully saturated rings. The molecule has 1 rings (SSSR count). The van der Waals surface area contributed by atoms with Crippen molar-refractivity contribution >= 4 is 23.2 Å². The molecule has 1 amide bonds. The predicted molar refractivity (Wildman–Crippen MR) is 73.7 cm³/mol. The highest BCUT2D eigenvalue weighted by atomic mass is 32.1. The van der Waals surface area contributed by atoms with Crippen molar-refractivity contribution in [3.63, 3.8) is 0 Å². The predicted octanol–water partition coefficient (Wildman–Crippen LogP) is 2.16. The second-order valence-electron chi connectivity index (χ2n) is 5.06. The highest BCUT2D eigenvalue weighted by Crippen LogP contribution is 2.03. The third-order valence-corrected chi connectivity index (χ3v) is 2.22. The molecular weight excluding hydrogens is 251 g/mol. The van der Waals surface area contributed by atoms with Gasteiger partial charge >= 0.3 is 0 Å². The first-order valence-corrected chi connectivity index (χ1v) is 6.03. The van der Waals surface area contributed by atoms with E-state index >= 15 is 0 Å². The van der Waals surface area contributed by atoms with Crippen molar-refractivity contribution in [1.29, 1.82) is 0 Å². The van der Waals surface area contributed by atoms with E-state index in [1.165, 1.54) is 12.1 Å². The molecule has 0 bridgehead atoms. The monoisotopic (exact) mass is 268 g/mol. The normalized spacial score (nSPS) is 10.9. The summed E-state index contributed by atoms with van der Waals surface area (Å²) < 4.78 is 12.7. The van der Waals surface area contributed by atoms with E-state index in [1.54, 1.807) is 12.1 Å². The second-order valence-corrected chi connectivity index (χ2v) is 5.46. The van der Waals surface area contributed by atoms with Gasteiger partial charge in [-0.15, -0.1) is 0 Å². The fraction of sp³-hybridized carbons (Fsp3) is 0.385. The number of thiocarbonyl (C=S) groups is 1. The first-order valence-electron chi connectivity index (χ1n) is 5.63. The van der Waals surface area contributed by atoms with Crippen LogP contribution in [0.25, 0.3) is 0 Å². The molecule has 0 aromatic heterocycles. The molecule has 0 atom stereocenters. The molecule has 0 unspecified atom stereocenters. The SMILES string of the molecule is CC(C)(C)NC(=S)NC(=O)Cc1ccc(F)cc1. The molecule has 0 aliphatic rings. The van der Waals surface area contributed by atoms with E-state index in [4.69, 9.17) is 12.2 Å². The van der Waals surface area contributed by atoms with Crippen LogP contribution in [0.5, 0.6) is 0 Å². The molecule has 0 heterocycles. The first kappa shape index (κ1) is 14.6. The standard InChI is InChI=1S/C13H17FN2OS/c1-13(2,3)16-12(18)15-11(17)8-9-4-6-10(14)7-5-9/h4-7H,8H2,1-3H3,(H2,15,16,17,18). The maximum absolute atomic E-state index is 12.7. The molecule has 1 aromatic carbocycles. The Balaban J connectivity index is 2.47. The van der Waals surface area contributed by atoms with Crippen LogP contribution < -0.4 is 10.6 Å². The van der Waals surface area contributed by atoms with Crippen LogP contribution in [0.15, 0.2) is 24.3 Å². The fourth-order valence-electron chi connectivity index (χ4n) is 1.33. The van der Waals surface area contributed by atoms with Crippen LogP contribution >= 0.6 is 12.2 Å². The summed E-state index contributed by atoms with van der Waals surface area (Å²) in [5.41, 5.74) is 0.549. The quantitative estimate of drug-likeness (QED) is 0.808. The van der Waals surface area contributed by atoms with Crippen LogP contribution in [0.2, 0.25) is 0 Å². The molecule has 5 heteroatoms. The average molecular weight is 268 g/mol. The van der Waals surface area contributed by atoms with Crippen LogP contribution in [-0.4, -0.2) is 16.6 Å². The van der Waals surface area contributed by atoms with Crippen molar-refractivity contribution in [2.24, 2.45) is 0 Å². The number of carbonyl (C=O) groups is 1. The van der Waals surface area contributed by atoms with E-state index in [0.29, 0.717) is 5.11 Å². The minimum absolute atomic E-state index is 0.173. The van der Waals surface area contributed by atoms with E-state index in [1.807, 2.05) is 20.8 Å². The van der Waals surface area contributed by atoms with E-state index in [9.17, 15) is 9.18 Å². The van der Waals surface area contributed by atoms with Crippen molar-refractivity contribution in [3.05, 3.63) is 35.6 Å². The summed E-state index contributed by atoms with van der Waals surface area (Å²) in [4.78, 5) is 11.7. The molecule has 0 saturated heterocycles. The van der Waals surface area contributed by atoms with Gasteiger partial charge in [-0.25, -0.2) is 4.39 Å². The third kappa shape index (κ3) is 5.72. The highest BCUT2D eigenvalue weighted by molar-refractivity contribution is 7.80. The van der Waals surface area contributed by atoms with Gasteiger partial charge in [0.1, 0.15) is 5.82 Å². The van der Waals surface area contributed by atoms with Crippen molar-refractivity contribution in [1.82, 2.24) is 10.6 Å². The lowest BCUT2D eigenvalue weighted by Gasteiger charge is -2.22. The molecule has 0 saturated carbocycles. The largest absolute Gasteiger partial charge is 0.358 e. The van der Waals surface area contributed by atoms with Gasteiger partial charge in [0.05, 0.1) is 6.42 Å². The van der Waals surface area contributed by atoms with Gasteiger partial charge in [0.15, 0.2) is 5.11 Å². The number of hydrogen-bond acceptors (Lipinski definition) is 2. The zero-order valence-corrected chi connectivity index (χ0v) is 11.5. The average Bonchev–Trinajstić information content (AvgIpc) is 2.18. The minimum atomic E-state index is -0.316. The van der Waals surface area contributed by atoms with Gasteiger partial charge in [0, 0.05) is 5.54 Å². The first-order chi connectivity index (χ1) is 8.26. The van der Waals surface area contributed by atoms with Crippen LogP contribution in [0.1, 0.15) is 26.3 Å². The minimum Gasteiger partial charge on any atom is -0.358 e. The summed E-state index contributed by atoms with van der Waals surface area (Å²) in [6.45, 7) is 5.85. The number of hydrogen-bond donors (Lipinski definition) is 2. The topological polar surface area (TPSA) is 41.1 Å². The number of amides is 1. The molecule has 0 radical (unpaired) electrons. The molecule has 2 N–H and O–H groups in total. The lowest BCUT2D eigenvalue weighted by atomic mass is 10.1. The smallest absolute Gasteiger partial charge is 0.230 e. The molecular formula is C13H17FN2OS. The van der Waals surface area contributed by atoms with Gasteiger partial charge in [0.2, 0.25) is 5.91 Å². The lowest BCUT2D eigenvalue weighted by molar-refractivity contribution is -0.119. The molecule has 0 spiro atoms. The van der Waals surface area contributed by atoms with Crippen LogP contribution in [0.4, 0.5) is 4.39 Å². The van der Waals surface area contributed by atoms with Gasteiger partial charge < -0.3 is 10.6 Å². The Morgan fingerprint density at radius 2 is 1.83 bits per heavy atom. The zero-order valence-electron chi connectivity index (χ0n) is 10.7. The fourth-order valence-corrected chi connectivity index (χ4v) is 1.75. The maximum atomic E-state index is 12.7. The summed E-state index contributed by atoms with van der Waals surface area (Å²) in [6.07, 6.45) is 0.173. The highest BCUT2D eigenvalue weighted by Gasteiger charge is 2.13. The molecule has 18 heavy (non-hydrogen) atoms. The summed E-state index contributed by atoms with van der Waals surface area (Å²) in [5, 5.41) is 5.87. The van der Waals surface area contributed by atoms with Gasteiger partial charge in [-0.2, -0.15) is 0 Å². The Kier molecular flexibility index (Phi) is 4.78. The summed E-state index contributed by atoms with van der Waals surface area (Å²) in [7, 11) is 0. The van der Waals surface area contributed by atoms with E-state index < -0.39 is 0 Å². The van der Waals surface area contributed by atoms with Gasteiger partial charge in [-0.3, -0.25) is 4.79 Å². The van der Waals surface area contributed by atoms with Crippen molar-refractivity contribution in [2.45, 2.75) is 32.7 Å². The molecule has 1 aromatic rings. The number of halogens is 1. The number of carbonyl (C=O) groups excluding carboxylic acids is 1. The number of rotatable bonds is 2. The molecule has 0 aliphatic carbocycles.